The van der Waals surface area contributed by atoms with Crippen molar-refractivity contribution < 1.29 is 18.7 Å². The molecule has 0 aliphatic heterocycles. The van der Waals surface area contributed by atoms with Crippen LogP contribution in [0.2, 0.25) is 0 Å². The van der Waals surface area contributed by atoms with Crippen molar-refractivity contribution in [2.45, 2.75) is 0 Å². The molecule has 0 atom stereocenters. The number of carbonyl (C=O) groups is 2. The Kier molecular flexibility index (Phi) is 4.83. The molecule has 0 aromatic heterocycles. The summed E-state index contributed by atoms with van der Waals surface area (Å²) >= 11 is 0. The Morgan fingerprint density at radius 1 is 1.18 bits per heavy atom. The Morgan fingerprint density at radius 2 is 1.91 bits per heavy atom. The highest BCUT2D eigenvalue weighted by atomic mass is 19.1. The van der Waals surface area contributed by atoms with Crippen molar-refractivity contribution in [3.05, 3.63) is 65.5 Å². The number of nitrogens with zero attached hydrogens (tertiary/aromatic N) is 1. The lowest BCUT2D eigenvalue weighted by atomic mass is 10.2. The monoisotopic (exact) mass is 298 g/mol. The number of rotatable bonds is 4. The number of ether oxygens (including phenoxy) is 1. The summed E-state index contributed by atoms with van der Waals surface area (Å²) in [4.78, 5) is 23.3. The fourth-order valence-electron chi connectivity index (χ4n) is 1.66. The average Bonchev–Trinajstić information content (AvgIpc) is 2.53. The standard InChI is InChI=1S/C16H11FN2O3/c17-13-3-1-2-12(8-13)16(21)22-10-15(20)19-14-6-4-11(9-18)5-7-14/h1-8H,10H2,(H,19,20). The first-order valence-corrected chi connectivity index (χ1v) is 6.31. The normalized spacial score (nSPS) is 9.64. The van der Waals surface area contributed by atoms with Crippen molar-refractivity contribution in [3.8, 4) is 6.07 Å². The van der Waals surface area contributed by atoms with Crippen LogP contribution in [-0.4, -0.2) is 18.5 Å². The lowest BCUT2D eigenvalue weighted by molar-refractivity contribution is -0.119. The van der Waals surface area contributed by atoms with Crippen LogP contribution in [-0.2, 0) is 9.53 Å². The summed E-state index contributed by atoms with van der Waals surface area (Å²) in [7, 11) is 0. The number of nitriles is 1. The number of nitrogens with one attached hydrogen (secondary N) is 1. The molecular weight excluding hydrogens is 287 g/mol. The SMILES string of the molecule is N#Cc1ccc(NC(=O)COC(=O)c2cccc(F)c2)cc1. The zero-order chi connectivity index (χ0) is 15.9. The van der Waals surface area contributed by atoms with E-state index in [9.17, 15) is 14.0 Å². The predicted octanol–water partition coefficient (Wildman–Crippen LogP) is 2.49. The number of benzene rings is 2. The van der Waals surface area contributed by atoms with Gasteiger partial charge in [-0.05, 0) is 42.5 Å². The molecule has 6 heteroatoms. The Balaban J connectivity index is 1.87. The van der Waals surface area contributed by atoms with Crippen LogP contribution >= 0.6 is 0 Å². The van der Waals surface area contributed by atoms with Gasteiger partial charge >= 0.3 is 5.97 Å². The van der Waals surface area contributed by atoms with E-state index in [1.54, 1.807) is 24.3 Å². The number of amides is 1. The average molecular weight is 298 g/mol. The molecule has 0 heterocycles. The summed E-state index contributed by atoms with van der Waals surface area (Å²) in [6.45, 7) is -0.491. The molecule has 0 aliphatic carbocycles. The number of carbonyl (C=O) groups excluding carboxylic acids is 2. The smallest absolute Gasteiger partial charge is 0.338 e. The van der Waals surface area contributed by atoms with Crippen LogP contribution in [0.5, 0.6) is 0 Å². The fourth-order valence-corrected chi connectivity index (χ4v) is 1.66. The number of esters is 1. The maximum Gasteiger partial charge on any atom is 0.338 e. The maximum atomic E-state index is 13.0. The first kappa shape index (κ1) is 15.2. The van der Waals surface area contributed by atoms with Gasteiger partial charge in [-0.25, -0.2) is 9.18 Å². The third kappa shape index (κ3) is 4.15. The van der Waals surface area contributed by atoms with E-state index < -0.39 is 24.3 Å². The van der Waals surface area contributed by atoms with Crippen LogP contribution in [0.25, 0.3) is 0 Å². The summed E-state index contributed by atoms with van der Waals surface area (Å²) in [5, 5.41) is 11.2. The van der Waals surface area contributed by atoms with E-state index in [0.29, 0.717) is 11.3 Å². The van der Waals surface area contributed by atoms with Crippen LogP contribution in [0.1, 0.15) is 15.9 Å². The molecule has 1 N–H and O–H groups in total. The molecule has 0 fully saturated rings. The first-order valence-electron chi connectivity index (χ1n) is 6.31. The Hall–Kier alpha value is -3.20. The van der Waals surface area contributed by atoms with Crippen LogP contribution in [0.4, 0.5) is 10.1 Å². The molecule has 0 spiro atoms. The molecule has 110 valence electrons. The summed E-state index contributed by atoms with van der Waals surface area (Å²) in [5.74, 6) is -1.87. The topological polar surface area (TPSA) is 79.2 Å². The van der Waals surface area contributed by atoms with Crippen molar-refractivity contribution >= 4 is 17.6 Å². The first-order chi connectivity index (χ1) is 10.6. The van der Waals surface area contributed by atoms with Gasteiger partial charge in [-0.15, -0.1) is 0 Å². The van der Waals surface area contributed by atoms with E-state index in [2.05, 4.69) is 5.32 Å². The van der Waals surface area contributed by atoms with Gasteiger partial charge in [0.05, 0.1) is 17.2 Å². The van der Waals surface area contributed by atoms with Gasteiger partial charge in [0.25, 0.3) is 5.91 Å². The molecule has 2 aromatic carbocycles. The van der Waals surface area contributed by atoms with Gasteiger partial charge < -0.3 is 10.1 Å². The van der Waals surface area contributed by atoms with E-state index in [4.69, 9.17) is 10.00 Å². The van der Waals surface area contributed by atoms with Gasteiger partial charge in [-0.3, -0.25) is 4.79 Å². The summed E-state index contributed by atoms with van der Waals surface area (Å²) in [6, 6.07) is 13.2. The second-order valence-electron chi connectivity index (χ2n) is 4.32. The summed E-state index contributed by atoms with van der Waals surface area (Å²) < 4.78 is 17.8. The lowest BCUT2D eigenvalue weighted by Crippen LogP contribution is -2.20. The minimum Gasteiger partial charge on any atom is -0.452 e. The molecule has 0 aliphatic rings. The van der Waals surface area contributed by atoms with Crippen LogP contribution < -0.4 is 5.32 Å². The lowest BCUT2D eigenvalue weighted by Gasteiger charge is -2.06. The minimum absolute atomic E-state index is 0.0335. The van der Waals surface area contributed by atoms with Gasteiger partial charge in [0.15, 0.2) is 6.61 Å². The molecule has 2 aromatic rings. The van der Waals surface area contributed by atoms with Crippen molar-refractivity contribution in [3.63, 3.8) is 0 Å². The Labute approximate surface area is 125 Å². The third-order valence-electron chi connectivity index (χ3n) is 2.69. The predicted molar refractivity (Wildman–Crippen MR) is 76.5 cm³/mol. The molecule has 2 rings (SSSR count). The van der Waals surface area contributed by atoms with Crippen LogP contribution in [0.3, 0.4) is 0 Å². The molecule has 0 bridgehead atoms. The van der Waals surface area contributed by atoms with E-state index in [0.717, 1.165) is 6.07 Å². The summed E-state index contributed by atoms with van der Waals surface area (Å²) in [6.07, 6.45) is 0. The van der Waals surface area contributed by atoms with Gasteiger partial charge in [-0.2, -0.15) is 5.26 Å². The summed E-state index contributed by atoms with van der Waals surface area (Å²) in [5.41, 5.74) is 0.979. The minimum atomic E-state index is -0.783. The van der Waals surface area contributed by atoms with E-state index in [1.807, 2.05) is 6.07 Å². The highest BCUT2D eigenvalue weighted by Crippen LogP contribution is 2.09. The molecule has 1 amide bonds. The van der Waals surface area contributed by atoms with Crippen molar-refractivity contribution in [2.24, 2.45) is 0 Å². The van der Waals surface area contributed by atoms with E-state index in [-0.39, 0.29) is 5.56 Å². The van der Waals surface area contributed by atoms with E-state index >= 15 is 0 Å². The quantitative estimate of drug-likeness (QED) is 0.879. The maximum absolute atomic E-state index is 13.0. The second-order valence-corrected chi connectivity index (χ2v) is 4.32. The van der Waals surface area contributed by atoms with Crippen molar-refractivity contribution in [1.82, 2.24) is 0 Å². The Morgan fingerprint density at radius 3 is 2.55 bits per heavy atom. The van der Waals surface area contributed by atoms with Crippen LogP contribution in [0, 0.1) is 17.1 Å². The molecule has 22 heavy (non-hydrogen) atoms. The highest BCUT2D eigenvalue weighted by Gasteiger charge is 2.11. The number of hydrogen-bond acceptors (Lipinski definition) is 4. The zero-order valence-corrected chi connectivity index (χ0v) is 11.4. The molecule has 5 nitrogen and oxygen atoms in total. The van der Waals surface area contributed by atoms with E-state index in [1.165, 1.54) is 18.2 Å². The fraction of sp³-hybridized carbons (Fsp3) is 0.0625. The third-order valence-corrected chi connectivity index (χ3v) is 2.69. The largest absolute Gasteiger partial charge is 0.452 e. The highest BCUT2D eigenvalue weighted by molar-refractivity contribution is 5.95. The number of hydrogen-bond donors (Lipinski definition) is 1. The molecule has 0 radical (unpaired) electrons. The molecule has 0 saturated carbocycles. The van der Waals surface area contributed by atoms with Crippen LogP contribution in [0.15, 0.2) is 48.5 Å². The van der Waals surface area contributed by atoms with Gasteiger partial charge in [0, 0.05) is 5.69 Å². The molecule has 0 unspecified atom stereocenters. The van der Waals surface area contributed by atoms with Gasteiger partial charge in [0.1, 0.15) is 5.82 Å². The number of halogens is 1. The molecule has 0 saturated heterocycles. The second kappa shape index (κ2) is 6.99. The number of anilines is 1. The van der Waals surface area contributed by atoms with Gasteiger partial charge in [-0.1, -0.05) is 6.07 Å². The zero-order valence-electron chi connectivity index (χ0n) is 11.4. The Bertz CT molecular complexity index is 736. The van der Waals surface area contributed by atoms with Crippen molar-refractivity contribution in [1.29, 1.82) is 5.26 Å². The molecular formula is C16H11FN2O3. The van der Waals surface area contributed by atoms with Gasteiger partial charge in [0.2, 0.25) is 0 Å². The van der Waals surface area contributed by atoms with Crippen molar-refractivity contribution in [2.75, 3.05) is 11.9 Å².